The monoisotopic (exact) mass is 500 g/mol. The lowest BCUT2D eigenvalue weighted by Gasteiger charge is -2.27. The Kier molecular flexibility index (Phi) is 7.56. The molecule has 2 aliphatic rings. The number of nitrogens with zero attached hydrogens (tertiary/aromatic N) is 4. The summed E-state index contributed by atoms with van der Waals surface area (Å²) in [6.07, 6.45) is 9.62. The Morgan fingerprint density at radius 1 is 1.08 bits per heavy atom. The summed E-state index contributed by atoms with van der Waals surface area (Å²) < 4.78 is 7.83. The fourth-order valence-electron chi connectivity index (χ4n) is 4.48. The smallest absolute Gasteiger partial charge is 0.286 e. The number of unbranched alkanes of at least 4 members (excludes halogenated alkanes) is 1. The molecule has 36 heavy (non-hydrogen) atoms. The minimum atomic E-state index is -0.171. The second-order valence-corrected chi connectivity index (χ2v) is 10.3. The van der Waals surface area contributed by atoms with Gasteiger partial charge in [0.15, 0.2) is 5.17 Å². The number of likely N-dealkylation sites (tertiary alicyclic amines) is 1. The van der Waals surface area contributed by atoms with Gasteiger partial charge in [0, 0.05) is 30.4 Å². The van der Waals surface area contributed by atoms with E-state index in [-0.39, 0.29) is 5.91 Å². The van der Waals surface area contributed by atoms with Gasteiger partial charge in [0.1, 0.15) is 11.4 Å². The standard InChI is InChI=1S/C29H32N4O2S/c1-3-4-17-35-25-14-13-22(18-21(25)2)27-23(20-33(31-27)24-11-7-5-8-12-24)19-26-28(34)30-29(36-26)32-15-9-6-10-16-32/h5,7-8,11-14,18-20H,3-4,6,9-10,15-17H2,1-2H3/b26-19+. The summed E-state index contributed by atoms with van der Waals surface area (Å²) in [5, 5.41) is 5.76. The highest BCUT2D eigenvalue weighted by Crippen LogP contribution is 2.35. The first-order valence-electron chi connectivity index (χ1n) is 12.8. The van der Waals surface area contributed by atoms with Crippen LogP contribution in [0, 0.1) is 6.92 Å². The van der Waals surface area contributed by atoms with E-state index in [0.29, 0.717) is 4.91 Å². The van der Waals surface area contributed by atoms with E-state index in [2.05, 4.69) is 29.8 Å². The molecular formula is C29H32N4O2S. The highest BCUT2D eigenvalue weighted by Gasteiger charge is 2.27. The fourth-order valence-corrected chi connectivity index (χ4v) is 5.43. The van der Waals surface area contributed by atoms with E-state index >= 15 is 0 Å². The Morgan fingerprint density at radius 2 is 1.89 bits per heavy atom. The number of aromatic nitrogens is 2. The second-order valence-electron chi connectivity index (χ2n) is 9.25. The lowest BCUT2D eigenvalue weighted by molar-refractivity contribution is -0.113. The van der Waals surface area contributed by atoms with Crippen LogP contribution in [-0.4, -0.2) is 45.5 Å². The normalized spacial score (nSPS) is 17.1. The van der Waals surface area contributed by atoms with Crippen molar-refractivity contribution in [3.8, 4) is 22.7 Å². The number of amidine groups is 1. The maximum absolute atomic E-state index is 12.8. The molecule has 0 spiro atoms. The highest BCUT2D eigenvalue weighted by molar-refractivity contribution is 8.18. The number of hydrogen-bond acceptors (Lipinski definition) is 5. The first-order valence-corrected chi connectivity index (χ1v) is 13.6. The predicted molar refractivity (Wildman–Crippen MR) is 148 cm³/mol. The molecule has 0 unspecified atom stereocenters. The number of thioether (sulfide) groups is 1. The molecule has 1 saturated heterocycles. The molecule has 1 fully saturated rings. The van der Waals surface area contributed by atoms with Crippen LogP contribution in [-0.2, 0) is 4.79 Å². The predicted octanol–water partition coefficient (Wildman–Crippen LogP) is 6.48. The van der Waals surface area contributed by atoms with E-state index in [1.807, 2.05) is 59.4 Å². The van der Waals surface area contributed by atoms with Gasteiger partial charge < -0.3 is 9.64 Å². The van der Waals surface area contributed by atoms with Crippen molar-refractivity contribution >= 4 is 28.9 Å². The van der Waals surface area contributed by atoms with Gasteiger partial charge in [-0.05, 0) is 86.3 Å². The second kappa shape index (κ2) is 11.2. The number of para-hydroxylation sites is 1. The van der Waals surface area contributed by atoms with E-state index in [9.17, 15) is 4.79 Å². The van der Waals surface area contributed by atoms with Gasteiger partial charge >= 0.3 is 0 Å². The number of ether oxygens (including phenoxy) is 1. The molecule has 0 saturated carbocycles. The lowest BCUT2D eigenvalue weighted by Crippen LogP contribution is -2.33. The van der Waals surface area contributed by atoms with Crippen molar-refractivity contribution in [3.05, 3.63) is 70.8 Å². The molecule has 3 aromatic rings. The number of benzene rings is 2. The summed E-state index contributed by atoms with van der Waals surface area (Å²) in [5.74, 6) is 0.727. The molecule has 0 bridgehead atoms. The average molecular weight is 501 g/mol. The first kappa shape index (κ1) is 24.4. The maximum Gasteiger partial charge on any atom is 0.286 e. The van der Waals surface area contributed by atoms with Crippen molar-refractivity contribution in [1.29, 1.82) is 0 Å². The van der Waals surface area contributed by atoms with Crippen LogP contribution >= 0.6 is 11.8 Å². The molecule has 5 rings (SSSR count). The number of amides is 1. The van der Waals surface area contributed by atoms with Crippen LogP contribution in [0.1, 0.15) is 50.2 Å². The molecule has 0 aliphatic carbocycles. The minimum Gasteiger partial charge on any atom is -0.493 e. The van der Waals surface area contributed by atoms with Gasteiger partial charge in [-0.2, -0.15) is 10.1 Å². The molecule has 2 aromatic carbocycles. The van der Waals surface area contributed by atoms with Gasteiger partial charge in [0.05, 0.1) is 17.2 Å². The van der Waals surface area contributed by atoms with Crippen LogP contribution < -0.4 is 4.74 Å². The Morgan fingerprint density at radius 3 is 2.64 bits per heavy atom. The van der Waals surface area contributed by atoms with Crippen molar-refractivity contribution in [2.24, 2.45) is 4.99 Å². The molecule has 1 aromatic heterocycles. The summed E-state index contributed by atoms with van der Waals surface area (Å²) in [5.41, 5.74) is 4.75. The van der Waals surface area contributed by atoms with Gasteiger partial charge in [0.2, 0.25) is 0 Å². The summed E-state index contributed by atoms with van der Waals surface area (Å²) in [6, 6.07) is 16.2. The van der Waals surface area contributed by atoms with Crippen LogP contribution in [0.5, 0.6) is 5.75 Å². The van der Waals surface area contributed by atoms with E-state index < -0.39 is 0 Å². The third kappa shape index (κ3) is 5.41. The summed E-state index contributed by atoms with van der Waals surface area (Å²) in [7, 11) is 0. The quantitative estimate of drug-likeness (QED) is 0.274. The topological polar surface area (TPSA) is 59.7 Å². The summed E-state index contributed by atoms with van der Waals surface area (Å²) in [4.78, 5) is 20.1. The zero-order valence-corrected chi connectivity index (χ0v) is 21.8. The number of carbonyl (C=O) groups excluding carboxylic acids is 1. The number of rotatable bonds is 7. The number of aryl methyl sites for hydroxylation is 1. The van der Waals surface area contributed by atoms with Gasteiger partial charge in [-0.15, -0.1) is 0 Å². The number of piperidine rings is 1. The number of carbonyl (C=O) groups is 1. The third-order valence-electron chi connectivity index (χ3n) is 6.49. The van der Waals surface area contributed by atoms with E-state index in [0.717, 1.165) is 84.4 Å². The van der Waals surface area contributed by atoms with Crippen molar-refractivity contribution in [3.63, 3.8) is 0 Å². The zero-order valence-electron chi connectivity index (χ0n) is 20.9. The summed E-state index contributed by atoms with van der Waals surface area (Å²) in [6.45, 7) is 6.87. The average Bonchev–Trinajstić information content (AvgIpc) is 3.50. The van der Waals surface area contributed by atoms with E-state index in [4.69, 9.17) is 9.84 Å². The molecule has 0 radical (unpaired) electrons. The van der Waals surface area contributed by atoms with Crippen molar-refractivity contribution in [2.75, 3.05) is 19.7 Å². The molecule has 3 heterocycles. The van der Waals surface area contributed by atoms with Crippen LogP contribution in [0.25, 0.3) is 23.0 Å². The highest BCUT2D eigenvalue weighted by atomic mass is 32.2. The van der Waals surface area contributed by atoms with Crippen molar-refractivity contribution in [2.45, 2.75) is 46.0 Å². The largest absolute Gasteiger partial charge is 0.493 e. The Labute approximate surface area is 217 Å². The molecule has 6 nitrogen and oxygen atoms in total. The van der Waals surface area contributed by atoms with Gasteiger partial charge in [-0.25, -0.2) is 4.68 Å². The van der Waals surface area contributed by atoms with Gasteiger partial charge in [0.25, 0.3) is 5.91 Å². The number of aliphatic imine (C=N–C) groups is 1. The lowest BCUT2D eigenvalue weighted by atomic mass is 10.0. The van der Waals surface area contributed by atoms with Crippen LogP contribution in [0.3, 0.4) is 0 Å². The zero-order chi connectivity index (χ0) is 24.9. The van der Waals surface area contributed by atoms with Crippen LogP contribution in [0.2, 0.25) is 0 Å². The first-order chi connectivity index (χ1) is 17.6. The Bertz CT molecular complexity index is 1290. The van der Waals surface area contributed by atoms with Crippen molar-refractivity contribution < 1.29 is 9.53 Å². The molecule has 2 aliphatic heterocycles. The molecule has 0 atom stereocenters. The molecule has 0 N–H and O–H groups in total. The Balaban J connectivity index is 1.48. The van der Waals surface area contributed by atoms with E-state index in [1.165, 1.54) is 18.2 Å². The van der Waals surface area contributed by atoms with E-state index in [1.54, 1.807) is 0 Å². The Hall–Kier alpha value is -3.32. The van der Waals surface area contributed by atoms with Crippen LogP contribution in [0.15, 0.2) is 64.6 Å². The van der Waals surface area contributed by atoms with Crippen molar-refractivity contribution in [1.82, 2.24) is 14.7 Å². The van der Waals surface area contributed by atoms with Gasteiger partial charge in [-0.1, -0.05) is 31.5 Å². The summed E-state index contributed by atoms with van der Waals surface area (Å²) >= 11 is 1.48. The maximum atomic E-state index is 12.8. The van der Waals surface area contributed by atoms with Gasteiger partial charge in [-0.3, -0.25) is 4.79 Å². The molecular weight excluding hydrogens is 468 g/mol. The fraction of sp³-hybridized carbons (Fsp3) is 0.345. The molecule has 186 valence electrons. The SMILES string of the molecule is CCCCOc1ccc(-c2nn(-c3ccccc3)cc2/C=C2/SC(N3CCCCC3)=NC2=O)cc1C. The minimum absolute atomic E-state index is 0.171. The third-order valence-corrected chi connectivity index (χ3v) is 7.53. The van der Waals surface area contributed by atoms with Crippen LogP contribution in [0.4, 0.5) is 0 Å². The molecule has 7 heteroatoms. The molecule has 1 amide bonds. The number of hydrogen-bond donors (Lipinski definition) is 0.